The third-order valence-electron chi connectivity index (χ3n) is 2.22. The van der Waals surface area contributed by atoms with Gasteiger partial charge in [-0.25, -0.2) is 9.78 Å². The second kappa shape index (κ2) is 4.94. The van der Waals surface area contributed by atoms with Crippen LogP contribution in [0.4, 0.5) is 5.82 Å². The molecule has 1 rings (SSSR count). The lowest BCUT2D eigenvalue weighted by Crippen LogP contribution is -2.22. The smallest absolute Gasteiger partial charge is 0.339 e. The number of carboxylic acids is 1. The molecule has 1 aromatic heterocycles. The zero-order valence-electron chi connectivity index (χ0n) is 9.61. The summed E-state index contributed by atoms with van der Waals surface area (Å²) in [5, 5.41) is 20.9. The molecule has 0 bridgehead atoms. The Balaban J connectivity index is 3.19. The average molecular weight is 224 g/mol. The highest BCUT2D eigenvalue weighted by Gasteiger charge is 2.16. The van der Waals surface area contributed by atoms with Gasteiger partial charge < -0.3 is 15.5 Å². The molecule has 1 heterocycles. The van der Waals surface area contributed by atoms with Crippen molar-refractivity contribution >= 4 is 11.8 Å². The van der Waals surface area contributed by atoms with Crippen LogP contribution in [0.1, 0.15) is 28.5 Å². The Morgan fingerprint density at radius 3 is 2.69 bits per heavy atom. The number of aliphatic hydroxyl groups is 1. The second-order valence-corrected chi connectivity index (χ2v) is 3.84. The number of nitrogens with one attached hydrogen (secondary N) is 1. The number of pyridine rings is 1. The molecule has 0 spiro atoms. The van der Waals surface area contributed by atoms with Gasteiger partial charge in [0.05, 0.1) is 6.61 Å². The van der Waals surface area contributed by atoms with Gasteiger partial charge in [-0.2, -0.15) is 0 Å². The van der Waals surface area contributed by atoms with Gasteiger partial charge in [0, 0.05) is 11.7 Å². The number of hydrogen-bond acceptors (Lipinski definition) is 4. The summed E-state index contributed by atoms with van der Waals surface area (Å²) in [7, 11) is 0. The molecule has 88 valence electrons. The summed E-state index contributed by atoms with van der Waals surface area (Å²) in [4.78, 5) is 15.2. The van der Waals surface area contributed by atoms with Crippen LogP contribution in [0, 0.1) is 13.8 Å². The SMILES string of the molecule is Cc1cc(C)c(C(=O)O)c(NC(C)CO)n1. The quantitative estimate of drug-likeness (QED) is 0.715. The van der Waals surface area contributed by atoms with E-state index in [1.54, 1.807) is 26.8 Å². The van der Waals surface area contributed by atoms with Crippen LogP contribution in [0.2, 0.25) is 0 Å². The Labute approximate surface area is 94.1 Å². The fraction of sp³-hybridized carbons (Fsp3) is 0.455. The molecule has 0 aliphatic rings. The minimum absolute atomic E-state index is 0.0757. The highest BCUT2D eigenvalue weighted by atomic mass is 16.4. The summed E-state index contributed by atoms with van der Waals surface area (Å²) in [6, 6.07) is 1.49. The van der Waals surface area contributed by atoms with E-state index in [-0.39, 0.29) is 18.2 Å². The molecule has 1 aromatic rings. The summed E-state index contributed by atoms with van der Waals surface area (Å²) in [5.41, 5.74) is 1.56. The summed E-state index contributed by atoms with van der Waals surface area (Å²) in [5.74, 6) is -0.704. The maximum Gasteiger partial charge on any atom is 0.339 e. The summed E-state index contributed by atoms with van der Waals surface area (Å²) in [6.07, 6.45) is 0. The summed E-state index contributed by atoms with van der Waals surface area (Å²) >= 11 is 0. The van der Waals surface area contributed by atoms with Gasteiger partial charge in [-0.1, -0.05) is 0 Å². The van der Waals surface area contributed by atoms with Crippen LogP contribution in [0.15, 0.2) is 6.07 Å². The maximum absolute atomic E-state index is 11.1. The molecule has 5 heteroatoms. The van der Waals surface area contributed by atoms with Crippen molar-refractivity contribution in [2.45, 2.75) is 26.8 Å². The molecular formula is C11H16N2O3. The number of aromatic nitrogens is 1. The normalized spacial score (nSPS) is 12.2. The topological polar surface area (TPSA) is 82.5 Å². The van der Waals surface area contributed by atoms with Crippen molar-refractivity contribution in [3.63, 3.8) is 0 Å². The van der Waals surface area contributed by atoms with E-state index < -0.39 is 5.97 Å². The van der Waals surface area contributed by atoms with Gasteiger partial charge in [0.25, 0.3) is 0 Å². The average Bonchev–Trinajstić information content (AvgIpc) is 2.15. The maximum atomic E-state index is 11.1. The molecule has 3 N–H and O–H groups in total. The van der Waals surface area contributed by atoms with Crippen LogP contribution in [-0.2, 0) is 0 Å². The molecule has 0 saturated carbocycles. The molecule has 0 aromatic carbocycles. The van der Waals surface area contributed by atoms with Crippen molar-refractivity contribution in [1.29, 1.82) is 0 Å². The third-order valence-corrected chi connectivity index (χ3v) is 2.22. The Morgan fingerprint density at radius 2 is 2.19 bits per heavy atom. The zero-order valence-corrected chi connectivity index (χ0v) is 9.61. The van der Waals surface area contributed by atoms with Gasteiger partial charge in [-0.15, -0.1) is 0 Å². The number of carbonyl (C=O) groups is 1. The fourth-order valence-corrected chi connectivity index (χ4v) is 1.49. The van der Waals surface area contributed by atoms with Crippen LogP contribution in [0.25, 0.3) is 0 Å². The molecule has 5 nitrogen and oxygen atoms in total. The second-order valence-electron chi connectivity index (χ2n) is 3.84. The predicted octanol–water partition coefficient (Wildman–Crippen LogP) is 1.19. The van der Waals surface area contributed by atoms with E-state index in [4.69, 9.17) is 10.2 Å². The van der Waals surface area contributed by atoms with Crippen molar-refractivity contribution < 1.29 is 15.0 Å². The van der Waals surface area contributed by atoms with Crippen molar-refractivity contribution in [3.05, 3.63) is 22.9 Å². The number of nitrogens with zero attached hydrogens (tertiary/aromatic N) is 1. The van der Waals surface area contributed by atoms with Crippen LogP contribution in [-0.4, -0.2) is 33.8 Å². The van der Waals surface area contributed by atoms with Crippen molar-refractivity contribution in [2.75, 3.05) is 11.9 Å². The molecule has 0 aliphatic carbocycles. The Morgan fingerprint density at radius 1 is 1.56 bits per heavy atom. The lowest BCUT2D eigenvalue weighted by atomic mass is 10.1. The van der Waals surface area contributed by atoms with Crippen molar-refractivity contribution in [1.82, 2.24) is 4.98 Å². The lowest BCUT2D eigenvalue weighted by molar-refractivity contribution is 0.0696. The van der Waals surface area contributed by atoms with Crippen molar-refractivity contribution in [2.24, 2.45) is 0 Å². The number of aliphatic hydroxyl groups excluding tert-OH is 1. The van der Waals surface area contributed by atoms with Gasteiger partial charge >= 0.3 is 5.97 Å². The molecule has 0 saturated heterocycles. The lowest BCUT2D eigenvalue weighted by Gasteiger charge is -2.15. The number of hydrogen-bond donors (Lipinski definition) is 3. The monoisotopic (exact) mass is 224 g/mol. The zero-order chi connectivity index (χ0) is 12.3. The summed E-state index contributed by atoms with van der Waals surface area (Å²) < 4.78 is 0. The van der Waals surface area contributed by atoms with E-state index in [2.05, 4.69) is 10.3 Å². The Hall–Kier alpha value is -1.62. The fourth-order valence-electron chi connectivity index (χ4n) is 1.49. The molecule has 16 heavy (non-hydrogen) atoms. The molecular weight excluding hydrogens is 208 g/mol. The van der Waals surface area contributed by atoms with E-state index in [0.29, 0.717) is 11.4 Å². The highest BCUT2D eigenvalue weighted by molar-refractivity contribution is 5.94. The molecule has 0 fully saturated rings. The minimum atomic E-state index is -1.02. The van der Waals surface area contributed by atoms with Gasteiger partial charge in [-0.3, -0.25) is 0 Å². The van der Waals surface area contributed by atoms with Gasteiger partial charge in [0.2, 0.25) is 0 Å². The molecule has 0 radical (unpaired) electrons. The molecule has 0 aliphatic heterocycles. The summed E-state index contributed by atoms with van der Waals surface area (Å²) in [6.45, 7) is 5.21. The Kier molecular flexibility index (Phi) is 3.84. The number of aryl methyl sites for hydroxylation is 2. The first kappa shape index (κ1) is 12.4. The van der Waals surface area contributed by atoms with Gasteiger partial charge in [-0.05, 0) is 32.4 Å². The molecule has 0 amide bonds. The number of anilines is 1. The first-order valence-electron chi connectivity index (χ1n) is 5.04. The van der Waals surface area contributed by atoms with E-state index in [9.17, 15) is 4.79 Å². The van der Waals surface area contributed by atoms with E-state index in [1.165, 1.54) is 0 Å². The van der Waals surface area contributed by atoms with Crippen LogP contribution in [0.3, 0.4) is 0 Å². The first-order valence-corrected chi connectivity index (χ1v) is 5.04. The Bertz CT molecular complexity index is 404. The first-order chi connectivity index (χ1) is 7.45. The molecule has 1 unspecified atom stereocenters. The van der Waals surface area contributed by atoms with Crippen LogP contribution < -0.4 is 5.32 Å². The number of rotatable bonds is 4. The highest BCUT2D eigenvalue weighted by Crippen LogP contribution is 2.19. The number of carboxylic acid groups (broad SMARTS) is 1. The van der Waals surface area contributed by atoms with Gasteiger partial charge in [0.15, 0.2) is 0 Å². The molecule has 1 atom stereocenters. The van der Waals surface area contributed by atoms with Crippen LogP contribution in [0.5, 0.6) is 0 Å². The van der Waals surface area contributed by atoms with E-state index in [1.807, 2.05) is 0 Å². The minimum Gasteiger partial charge on any atom is -0.478 e. The predicted molar refractivity (Wildman–Crippen MR) is 60.8 cm³/mol. The van der Waals surface area contributed by atoms with Gasteiger partial charge in [0.1, 0.15) is 11.4 Å². The standard InChI is InChI=1S/C11H16N2O3/c1-6-4-7(2)12-10(9(6)11(15)16)13-8(3)5-14/h4,8,14H,5H2,1-3H3,(H,12,13)(H,15,16). The van der Waals surface area contributed by atoms with Crippen LogP contribution >= 0.6 is 0 Å². The van der Waals surface area contributed by atoms with Crippen molar-refractivity contribution in [3.8, 4) is 0 Å². The number of aromatic carboxylic acids is 1. The van der Waals surface area contributed by atoms with E-state index >= 15 is 0 Å². The van der Waals surface area contributed by atoms with E-state index in [0.717, 1.165) is 5.69 Å². The largest absolute Gasteiger partial charge is 0.478 e. The third kappa shape index (κ3) is 2.70.